The van der Waals surface area contributed by atoms with Crippen LogP contribution in [0.25, 0.3) is 0 Å². The monoisotopic (exact) mass is 345 g/mol. The topological polar surface area (TPSA) is 29.5 Å². The van der Waals surface area contributed by atoms with Gasteiger partial charge in [-0.05, 0) is 44.5 Å². The number of anilines is 1. The van der Waals surface area contributed by atoms with E-state index in [1.54, 1.807) is 6.07 Å². The number of thioether (sulfide) groups is 1. The van der Waals surface area contributed by atoms with Crippen LogP contribution in [0, 0.1) is 5.82 Å². The molecule has 0 spiro atoms. The molecule has 1 aliphatic heterocycles. The zero-order valence-corrected chi connectivity index (χ0v) is 14.8. The Morgan fingerprint density at radius 1 is 1.17 bits per heavy atom. The molecule has 1 amide bonds. The first-order chi connectivity index (χ1) is 11.3. The summed E-state index contributed by atoms with van der Waals surface area (Å²) >= 11 is 1.54. The fourth-order valence-electron chi connectivity index (χ4n) is 2.69. The third kappa shape index (κ3) is 3.56. The van der Waals surface area contributed by atoms with Crippen LogP contribution in [-0.4, -0.2) is 17.1 Å². The summed E-state index contributed by atoms with van der Waals surface area (Å²) in [5.41, 5.74) is 0.530. The number of hydrogen-bond acceptors (Lipinski definition) is 3. The van der Waals surface area contributed by atoms with E-state index in [1.807, 2.05) is 57.2 Å². The highest BCUT2D eigenvalue weighted by atomic mass is 32.2. The van der Waals surface area contributed by atoms with Crippen molar-refractivity contribution in [3.05, 3.63) is 59.9 Å². The number of ether oxygens (including phenoxy) is 1. The Morgan fingerprint density at radius 2 is 1.88 bits per heavy atom. The van der Waals surface area contributed by atoms with E-state index in [2.05, 4.69) is 0 Å². The molecule has 1 atom stereocenters. The first-order valence-corrected chi connectivity index (χ1v) is 8.74. The largest absolute Gasteiger partial charge is 0.443 e. The van der Waals surface area contributed by atoms with E-state index in [-0.39, 0.29) is 5.37 Å². The molecule has 0 aromatic heterocycles. The van der Waals surface area contributed by atoms with Gasteiger partial charge in [0, 0.05) is 11.3 Å². The Hall–Kier alpha value is -2.01. The molecule has 1 heterocycles. The van der Waals surface area contributed by atoms with E-state index in [0.717, 1.165) is 10.5 Å². The van der Waals surface area contributed by atoms with Gasteiger partial charge < -0.3 is 4.74 Å². The molecule has 2 aromatic rings. The standard InChI is InChI=1S/C19H20FNO2S/c1-19(2,3)23-18(22)21-16(24-14-9-5-4-6-10-14)12-13-8-7-11-15(20)17(13)21/h4-11,16H,12H2,1-3H3. The van der Waals surface area contributed by atoms with E-state index in [0.29, 0.717) is 12.1 Å². The Labute approximate surface area is 145 Å². The number of benzene rings is 2. The van der Waals surface area contributed by atoms with Crippen molar-refractivity contribution in [2.75, 3.05) is 4.90 Å². The summed E-state index contributed by atoms with van der Waals surface area (Å²) in [5.74, 6) is -0.394. The van der Waals surface area contributed by atoms with Crippen LogP contribution >= 0.6 is 11.8 Å². The van der Waals surface area contributed by atoms with Gasteiger partial charge in [0.15, 0.2) is 0 Å². The minimum atomic E-state index is -0.632. The average molecular weight is 345 g/mol. The van der Waals surface area contributed by atoms with Gasteiger partial charge in [0.25, 0.3) is 0 Å². The van der Waals surface area contributed by atoms with Crippen molar-refractivity contribution in [3.63, 3.8) is 0 Å². The zero-order chi connectivity index (χ0) is 17.3. The fraction of sp³-hybridized carbons (Fsp3) is 0.316. The summed E-state index contributed by atoms with van der Waals surface area (Å²) in [7, 11) is 0. The van der Waals surface area contributed by atoms with Crippen molar-refractivity contribution >= 4 is 23.5 Å². The van der Waals surface area contributed by atoms with Crippen LogP contribution in [-0.2, 0) is 11.2 Å². The SMILES string of the molecule is CC(C)(C)OC(=O)N1c2c(F)cccc2CC1Sc1ccccc1. The summed E-state index contributed by atoms with van der Waals surface area (Å²) in [6.07, 6.45) is 0.0751. The number of rotatable bonds is 2. The molecule has 3 rings (SSSR count). The van der Waals surface area contributed by atoms with Gasteiger partial charge in [-0.2, -0.15) is 0 Å². The molecule has 5 heteroatoms. The van der Waals surface area contributed by atoms with Gasteiger partial charge in [0.2, 0.25) is 0 Å². The van der Waals surface area contributed by atoms with Crippen LogP contribution in [0.4, 0.5) is 14.9 Å². The predicted octanol–water partition coefficient (Wildman–Crippen LogP) is 5.24. The molecule has 126 valence electrons. The maximum atomic E-state index is 14.4. The Balaban J connectivity index is 1.94. The molecule has 0 fully saturated rings. The van der Waals surface area contributed by atoms with Crippen LogP contribution in [0.2, 0.25) is 0 Å². The number of fused-ring (bicyclic) bond motifs is 1. The molecule has 2 aromatic carbocycles. The summed E-state index contributed by atoms with van der Waals surface area (Å²) < 4.78 is 19.9. The van der Waals surface area contributed by atoms with E-state index < -0.39 is 17.5 Å². The minimum Gasteiger partial charge on any atom is -0.443 e. The van der Waals surface area contributed by atoms with Crippen LogP contribution < -0.4 is 4.90 Å². The van der Waals surface area contributed by atoms with Crippen LogP contribution in [0.3, 0.4) is 0 Å². The quantitative estimate of drug-likeness (QED) is 0.745. The molecular weight excluding hydrogens is 325 g/mol. The summed E-state index contributed by atoms with van der Waals surface area (Å²) in [4.78, 5) is 15.2. The zero-order valence-electron chi connectivity index (χ0n) is 14.0. The smallest absolute Gasteiger partial charge is 0.415 e. The van der Waals surface area contributed by atoms with Crippen LogP contribution in [0.15, 0.2) is 53.4 Å². The number of halogens is 1. The van der Waals surface area contributed by atoms with Gasteiger partial charge in [-0.25, -0.2) is 9.18 Å². The van der Waals surface area contributed by atoms with Gasteiger partial charge in [-0.1, -0.05) is 30.3 Å². The highest BCUT2D eigenvalue weighted by Gasteiger charge is 2.39. The molecule has 24 heavy (non-hydrogen) atoms. The van der Waals surface area contributed by atoms with E-state index in [9.17, 15) is 9.18 Å². The van der Waals surface area contributed by atoms with Crippen molar-refractivity contribution in [3.8, 4) is 0 Å². The predicted molar refractivity (Wildman–Crippen MR) is 94.9 cm³/mol. The van der Waals surface area contributed by atoms with Crippen molar-refractivity contribution in [2.45, 2.75) is 43.1 Å². The third-order valence-electron chi connectivity index (χ3n) is 3.60. The molecule has 1 aliphatic rings. The number of hydrogen-bond donors (Lipinski definition) is 0. The molecule has 3 nitrogen and oxygen atoms in total. The van der Waals surface area contributed by atoms with Gasteiger partial charge in [-0.3, -0.25) is 4.90 Å². The average Bonchev–Trinajstić information content (AvgIpc) is 2.86. The molecular formula is C19H20FNO2S. The van der Waals surface area contributed by atoms with Crippen molar-refractivity contribution in [2.24, 2.45) is 0 Å². The van der Waals surface area contributed by atoms with Crippen molar-refractivity contribution in [1.82, 2.24) is 0 Å². The van der Waals surface area contributed by atoms with Gasteiger partial charge in [-0.15, -0.1) is 11.8 Å². The lowest BCUT2D eigenvalue weighted by Gasteiger charge is -2.29. The third-order valence-corrected chi connectivity index (χ3v) is 4.79. The van der Waals surface area contributed by atoms with Crippen LogP contribution in [0.1, 0.15) is 26.3 Å². The lowest BCUT2D eigenvalue weighted by Crippen LogP contribution is -2.40. The fourth-order valence-corrected chi connectivity index (χ4v) is 3.88. The molecule has 0 saturated heterocycles. The minimum absolute atomic E-state index is 0.228. The number of amides is 1. The second-order valence-corrected chi connectivity index (χ2v) is 7.94. The Bertz CT molecular complexity index is 743. The summed E-state index contributed by atoms with van der Waals surface area (Å²) in [6, 6.07) is 14.7. The van der Waals surface area contributed by atoms with E-state index >= 15 is 0 Å². The number of carbonyl (C=O) groups is 1. The molecule has 1 unspecified atom stereocenters. The normalized spacial score (nSPS) is 16.8. The maximum Gasteiger partial charge on any atom is 0.415 e. The van der Waals surface area contributed by atoms with E-state index in [4.69, 9.17) is 4.74 Å². The van der Waals surface area contributed by atoms with Gasteiger partial charge >= 0.3 is 6.09 Å². The van der Waals surface area contributed by atoms with E-state index in [1.165, 1.54) is 22.7 Å². The number of nitrogens with zero attached hydrogens (tertiary/aromatic N) is 1. The molecule has 0 aliphatic carbocycles. The van der Waals surface area contributed by atoms with Crippen molar-refractivity contribution < 1.29 is 13.9 Å². The van der Waals surface area contributed by atoms with Gasteiger partial charge in [0.1, 0.15) is 11.4 Å². The summed E-state index contributed by atoms with van der Waals surface area (Å²) in [6.45, 7) is 5.42. The number of para-hydroxylation sites is 1. The lowest BCUT2D eigenvalue weighted by molar-refractivity contribution is 0.0579. The first-order valence-electron chi connectivity index (χ1n) is 7.86. The molecule has 0 radical (unpaired) electrons. The summed E-state index contributed by atoms with van der Waals surface area (Å²) in [5, 5.41) is -0.228. The molecule has 0 bridgehead atoms. The first kappa shape index (κ1) is 16.8. The van der Waals surface area contributed by atoms with Crippen LogP contribution in [0.5, 0.6) is 0 Å². The molecule has 0 saturated carbocycles. The maximum absolute atomic E-state index is 14.4. The Kier molecular flexibility index (Phi) is 4.54. The Morgan fingerprint density at radius 3 is 2.54 bits per heavy atom. The highest BCUT2D eigenvalue weighted by Crippen LogP contribution is 2.41. The highest BCUT2D eigenvalue weighted by molar-refractivity contribution is 8.00. The second-order valence-electron chi connectivity index (χ2n) is 6.69. The molecule has 0 N–H and O–H groups in total. The van der Waals surface area contributed by atoms with Gasteiger partial charge in [0.05, 0.1) is 11.1 Å². The lowest BCUT2D eigenvalue weighted by atomic mass is 10.1. The van der Waals surface area contributed by atoms with Crippen molar-refractivity contribution in [1.29, 1.82) is 0 Å². The second kappa shape index (κ2) is 6.48. The number of carbonyl (C=O) groups excluding carboxylic acids is 1.